The Labute approximate surface area is 262 Å². The molecule has 2 aromatic carbocycles. The predicted molar refractivity (Wildman–Crippen MR) is 164 cm³/mol. The van der Waals surface area contributed by atoms with Crippen LogP contribution in [0.5, 0.6) is 0 Å². The zero-order valence-electron chi connectivity index (χ0n) is 24.3. The van der Waals surface area contributed by atoms with Gasteiger partial charge in [-0.2, -0.15) is 0 Å². The van der Waals surface area contributed by atoms with Crippen LogP contribution >= 0.6 is 11.3 Å². The van der Waals surface area contributed by atoms with Crippen LogP contribution in [0, 0.1) is 17.5 Å². The van der Waals surface area contributed by atoms with Crippen molar-refractivity contribution in [3.63, 3.8) is 0 Å². The molecule has 2 aromatic heterocycles. The van der Waals surface area contributed by atoms with Crippen molar-refractivity contribution in [2.45, 2.75) is 36.6 Å². The minimum absolute atomic E-state index is 0.00232. The molecule has 3 heterocycles. The van der Waals surface area contributed by atoms with Gasteiger partial charge >= 0.3 is 6.09 Å². The summed E-state index contributed by atoms with van der Waals surface area (Å²) in [6, 6.07) is 9.20. The zero-order valence-corrected chi connectivity index (χ0v) is 25.9. The molecule has 1 fully saturated rings. The summed E-state index contributed by atoms with van der Waals surface area (Å²) in [6.45, 7) is 3.15. The number of likely N-dealkylation sites (N-methyl/N-ethyl adjacent to an activating group) is 1. The normalized spacial score (nSPS) is 14.6. The maximum absolute atomic E-state index is 16.1. The minimum atomic E-state index is -4.69. The van der Waals surface area contributed by atoms with Crippen molar-refractivity contribution >= 4 is 39.0 Å². The van der Waals surface area contributed by atoms with Gasteiger partial charge in [0.1, 0.15) is 22.3 Å². The summed E-state index contributed by atoms with van der Waals surface area (Å²) < 4.78 is 77.6. The molecule has 15 heteroatoms. The molecule has 0 aliphatic carbocycles. The number of carbonyl (C=O) groups is 1. The molecule has 0 saturated carbocycles. The topological polar surface area (TPSA) is 134 Å². The van der Waals surface area contributed by atoms with Crippen molar-refractivity contribution in [2.24, 2.45) is 0 Å². The lowest BCUT2D eigenvalue weighted by Gasteiger charge is -2.22. The van der Waals surface area contributed by atoms with Gasteiger partial charge in [-0.25, -0.2) is 36.4 Å². The number of hydrogen-bond donors (Lipinski definition) is 3. The Morgan fingerprint density at radius 3 is 2.64 bits per heavy atom. The van der Waals surface area contributed by atoms with Crippen LogP contribution in [-0.4, -0.2) is 67.3 Å². The van der Waals surface area contributed by atoms with Crippen LogP contribution in [0.4, 0.5) is 29.5 Å². The predicted octanol–water partition coefficient (Wildman–Crippen LogP) is 6.39. The fourth-order valence-corrected chi connectivity index (χ4v) is 7.15. The molecule has 4 aromatic rings. The molecule has 10 nitrogen and oxygen atoms in total. The quantitative estimate of drug-likeness (QED) is 0.178. The van der Waals surface area contributed by atoms with Crippen LogP contribution in [0.1, 0.15) is 30.7 Å². The number of ether oxygens (including phenoxy) is 1. The number of carboxylic acid groups (broad SMARTS) is 1. The van der Waals surface area contributed by atoms with E-state index in [2.05, 4.69) is 10.3 Å². The molecule has 1 aliphatic heterocycles. The second-order valence-corrected chi connectivity index (χ2v) is 13.2. The van der Waals surface area contributed by atoms with Gasteiger partial charge in [0.2, 0.25) is 0 Å². The highest BCUT2D eigenvalue weighted by molar-refractivity contribution is 7.92. The molecule has 0 unspecified atom stereocenters. The number of halogens is 3. The second-order valence-electron chi connectivity index (χ2n) is 10.5. The van der Waals surface area contributed by atoms with Gasteiger partial charge in [0, 0.05) is 50.5 Å². The van der Waals surface area contributed by atoms with Crippen LogP contribution in [0.25, 0.3) is 21.7 Å². The zero-order chi connectivity index (χ0) is 32.3. The van der Waals surface area contributed by atoms with Gasteiger partial charge in [-0.3, -0.25) is 4.72 Å². The summed E-state index contributed by atoms with van der Waals surface area (Å²) in [6.07, 6.45) is 1.96. The van der Waals surface area contributed by atoms with E-state index in [1.54, 1.807) is 25.3 Å². The summed E-state index contributed by atoms with van der Waals surface area (Å²) in [5, 5.41) is 13.1. The molecular weight excluding hydrogens is 631 g/mol. The van der Waals surface area contributed by atoms with E-state index in [0.717, 1.165) is 23.9 Å². The maximum atomic E-state index is 16.1. The van der Waals surface area contributed by atoms with Crippen molar-refractivity contribution < 1.29 is 36.2 Å². The average Bonchev–Trinajstić information content (AvgIpc) is 3.47. The molecule has 1 atom stereocenters. The number of benzene rings is 2. The first-order chi connectivity index (χ1) is 21.4. The van der Waals surface area contributed by atoms with E-state index in [1.807, 2.05) is 4.72 Å². The first kappa shape index (κ1) is 32.2. The lowest BCUT2D eigenvalue weighted by atomic mass is 10.0. The lowest BCUT2D eigenvalue weighted by Crippen LogP contribution is -2.38. The van der Waals surface area contributed by atoms with E-state index in [1.165, 1.54) is 41.5 Å². The van der Waals surface area contributed by atoms with Gasteiger partial charge < -0.3 is 20.1 Å². The first-order valence-electron chi connectivity index (χ1n) is 14.0. The Morgan fingerprint density at radius 2 is 1.91 bits per heavy atom. The highest BCUT2D eigenvalue weighted by atomic mass is 32.2. The number of thiazole rings is 1. The molecule has 3 N–H and O–H groups in total. The van der Waals surface area contributed by atoms with E-state index in [0.29, 0.717) is 41.6 Å². The van der Waals surface area contributed by atoms with E-state index in [4.69, 9.17) is 9.72 Å². The molecule has 0 spiro atoms. The minimum Gasteiger partial charge on any atom is -0.465 e. The summed E-state index contributed by atoms with van der Waals surface area (Å²) in [4.78, 5) is 21.3. The molecule has 45 heavy (non-hydrogen) atoms. The fourth-order valence-electron chi connectivity index (χ4n) is 4.76. The van der Waals surface area contributed by atoms with Crippen LogP contribution in [0.2, 0.25) is 0 Å². The Kier molecular flexibility index (Phi) is 9.60. The first-order valence-corrected chi connectivity index (χ1v) is 16.3. The standard InChI is InChI=1S/C30H30F3N5O5S2/c1-17(38(2)30(39)40)16-35-25-14-19(8-11-34-25)28-27(36-29(44-28)18-9-12-43-13-10-18)21-4-3-5-23(26(21)33)37-45(41,42)24-15-20(31)6-7-22(24)32/h3-8,11,14-15,17-18,37H,9-10,12-13,16H2,1-2H3,(H,34,35)(H,39,40)/t17-/m0/s1. The maximum Gasteiger partial charge on any atom is 0.407 e. The summed E-state index contributed by atoms with van der Waals surface area (Å²) in [5.74, 6) is -2.56. The number of sulfonamides is 1. The van der Waals surface area contributed by atoms with E-state index < -0.39 is 44.2 Å². The van der Waals surface area contributed by atoms with Crippen molar-refractivity contribution in [1.29, 1.82) is 0 Å². The number of nitrogens with zero attached hydrogens (tertiary/aromatic N) is 3. The van der Waals surface area contributed by atoms with Crippen molar-refractivity contribution in [1.82, 2.24) is 14.9 Å². The van der Waals surface area contributed by atoms with Crippen LogP contribution in [0.15, 0.2) is 59.6 Å². The van der Waals surface area contributed by atoms with Crippen LogP contribution in [0.3, 0.4) is 0 Å². The molecule has 1 amide bonds. The largest absolute Gasteiger partial charge is 0.465 e. The molecular formula is C30H30F3N5O5S2. The Bertz CT molecular complexity index is 1820. The highest BCUT2D eigenvalue weighted by Gasteiger charge is 2.27. The number of hydrogen-bond acceptors (Lipinski definition) is 8. The van der Waals surface area contributed by atoms with E-state index in [-0.39, 0.29) is 29.8 Å². The summed E-state index contributed by atoms with van der Waals surface area (Å²) >= 11 is 1.38. The summed E-state index contributed by atoms with van der Waals surface area (Å²) in [7, 11) is -3.22. The van der Waals surface area contributed by atoms with E-state index in [9.17, 15) is 27.1 Å². The number of nitrogens with one attached hydrogen (secondary N) is 2. The lowest BCUT2D eigenvalue weighted by molar-refractivity contribution is 0.0853. The second kappa shape index (κ2) is 13.4. The Hall–Kier alpha value is -4.21. The third-order valence-corrected chi connectivity index (χ3v) is 10.1. The Morgan fingerprint density at radius 1 is 1.16 bits per heavy atom. The summed E-state index contributed by atoms with van der Waals surface area (Å²) in [5.41, 5.74) is 0.469. The number of aromatic nitrogens is 2. The smallest absolute Gasteiger partial charge is 0.407 e. The molecule has 1 saturated heterocycles. The van der Waals surface area contributed by atoms with Gasteiger partial charge in [-0.05, 0) is 67.8 Å². The third kappa shape index (κ3) is 7.21. The Balaban J connectivity index is 1.53. The number of rotatable bonds is 10. The SMILES string of the molecule is C[C@@H](CNc1cc(-c2sc(C3CCOCC3)nc2-c2cccc(NS(=O)(=O)c3cc(F)ccc3F)c2F)ccn1)N(C)C(=O)O. The van der Waals surface area contributed by atoms with Gasteiger partial charge in [0.15, 0.2) is 5.82 Å². The number of anilines is 2. The number of pyridine rings is 1. The van der Waals surface area contributed by atoms with Gasteiger partial charge in [-0.1, -0.05) is 6.07 Å². The number of amides is 1. The molecule has 0 bridgehead atoms. The molecule has 1 aliphatic rings. The van der Waals surface area contributed by atoms with Crippen LogP contribution in [-0.2, 0) is 14.8 Å². The van der Waals surface area contributed by atoms with Crippen LogP contribution < -0.4 is 10.0 Å². The van der Waals surface area contributed by atoms with Crippen molar-refractivity contribution in [2.75, 3.05) is 36.8 Å². The van der Waals surface area contributed by atoms with Crippen molar-refractivity contribution in [3.05, 3.63) is 77.2 Å². The third-order valence-electron chi connectivity index (χ3n) is 7.46. The average molecular weight is 662 g/mol. The fraction of sp³-hybridized carbons (Fsp3) is 0.300. The van der Waals surface area contributed by atoms with Gasteiger partial charge in [0.05, 0.1) is 21.3 Å². The van der Waals surface area contributed by atoms with Crippen molar-refractivity contribution in [3.8, 4) is 21.7 Å². The van der Waals surface area contributed by atoms with E-state index >= 15 is 4.39 Å². The highest BCUT2D eigenvalue weighted by Crippen LogP contribution is 2.43. The van der Waals surface area contributed by atoms with Gasteiger partial charge in [0.25, 0.3) is 10.0 Å². The molecule has 238 valence electrons. The monoisotopic (exact) mass is 661 g/mol. The van der Waals surface area contributed by atoms with Gasteiger partial charge in [-0.15, -0.1) is 11.3 Å². The molecule has 0 radical (unpaired) electrons. The molecule has 5 rings (SSSR count).